The van der Waals surface area contributed by atoms with Gasteiger partial charge in [-0.25, -0.2) is 4.79 Å². The molecule has 0 heterocycles. The number of rotatable bonds is 6. The average molecular weight is 315 g/mol. The summed E-state index contributed by atoms with van der Waals surface area (Å²) in [5.41, 5.74) is 0.475. The molecule has 0 saturated heterocycles. The van der Waals surface area contributed by atoms with Crippen LogP contribution in [0.15, 0.2) is 24.3 Å². The van der Waals surface area contributed by atoms with E-state index in [1.807, 2.05) is 6.92 Å². The highest BCUT2D eigenvalue weighted by atomic mass is 35.5. The highest BCUT2D eigenvalue weighted by Gasteiger charge is 2.25. The van der Waals surface area contributed by atoms with E-state index in [1.54, 1.807) is 38.4 Å². The van der Waals surface area contributed by atoms with E-state index in [1.165, 1.54) is 9.80 Å². The fourth-order valence-electron chi connectivity index (χ4n) is 1.76. The number of benzene rings is 1. The van der Waals surface area contributed by atoms with Gasteiger partial charge in [-0.1, -0.05) is 11.6 Å². The van der Waals surface area contributed by atoms with E-state index < -0.39 is 18.5 Å². The first kappa shape index (κ1) is 17.3. The molecule has 0 aliphatic heterocycles. The Morgan fingerprint density at radius 1 is 1.33 bits per heavy atom. The second-order valence-corrected chi connectivity index (χ2v) is 5.09. The van der Waals surface area contributed by atoms with E-state index in [9.17, 15) is 9.59 Å². The lowest BCUT2D eigenvalue weighted by molar-refractivity contribution is -0.135. The zero-order chi connectivity index (χ0) is 16.0. The summed E-state index contributed by atoms with van der Waals surface area (Å²) < 4.78 is 5.01. The topological polar surface area (TPSA) is 70.1 Å². The molecule has 0 saturated carbocycles. The van der Waals surface area contributed by atoms with Gasteiger partial charge in [0.05, 0.1) is 12.6 Å². The van der Waals surface area contributed by atoms with Gasteiger partial charge in [-0.2, -0.15) is 0 Å². The van der Waals surface area contributed by atoms with Gasteiger partial charge >= 0.3 is 12.0 Å². The molecule has 0 radical (unpaired) electrons. The number of carboxylic acids is 1. The van der Waals surface area contributed by atoms with Crippen LogP contribution < -0.4 is 4.90 Å². The van der Waals surface area contributed by atoms with Crippen molar-refractivity contribution in [1.29, 1.82) is 0 Å². The van der Waals surface area contributed by atoms with Crippen LogP contribution in [0.1, 0.15) is 6.92 Å². The van der Waals surface area contributed by atoms with Crippen molar-refractivity contribution in [3.63, 3.8) is 0 Å². The lowest BCUT2D eigenvalue weighted by Gasteiger charge is -2.30. The van der Waals surface area contributed by atoms with Crippen LogP contribution >= 0.6 is 11.6 Å². The number of anilines is 1. The third-order valence-corrected chi connectivity index (χ3v) is 3.29. The number of hydrogen-bond donors (Lipinski definition) is 1. The van der Waals surface area contributed by atoms with E-state index in [-0.39, 0.29) is 6.04 Å². The first-order valence-corrected chi connectivity index (χ1v) is 6.75. The maximum absolute atomic E-state index is 12.5. The zero-order valence-corrected chi connectivity index (χ0v) is 13.0. The summed E-state index contributed by atoms with van der Waals surface area (Å²) in [5.74, 6) is -1.09. The third kappa shape index (κ3) is 4.91. The number of aliphatic carboxylic acids is 1. The molecule has 0 aliphatic rings. The predicted octanol–water partition coefficient (Wildman–Crippen LogP) is 2.32. The number of carbonyl (C=O) groups is 2. The van der Waals surface area contributed by atoms with Crippen molar-refractivity contribution in [1.82, 2.24) is 4.90 Å². The minimum absolute atomic E-state index is 0.175. The normalized spacial score (nSPS) is 11.8. The fourth-order valence-corrected chi connectivity index (χ4v) is 1.88. The highest BCUT2D eigenvalue weighted by molar-refractivity contribution is 6.30. The van der Waals surface area contributed by atoms with Crippen molar-refractivity contribution < 1.29 is 19.4 Å². The molecule has 1 atom stereocenters. The summed E-state index contributed by atoms with van der Waals surface area (Å²) in [7, 11) is 3.15. The van der Waals surface area contributed by atoms with Crippen LogP contribution in [0.2, 0.25) is 5.02 Å². The third-order valence-electron chi connectivity index (χ3n) is 3.03. The van der Waals surface area contributed by atoms with E-state index in [0.717, 1.165) is 0 Å². The van der Waals surface area contributed by atoms with Gasteiger partial charge in [-0.05, 0) is 31.2 Å². The Morgan fingerprint density at radius 2 is 1.90 bits per heavy atom. The van der Waals surface area contributed by atoms with E-state index in [2.05, 4.69) is 0 Å². The predicted molar refractivity (Wildman–Crippen MR) is 80.9 cm³/mol. The molecule has 1 N–H and O–H groups in total. The Labute approximate surface area is 128 Å². The Morgan fingerprint density at radius 3 is 2.38 bits per heavy atom. The molecular formula is C14H19ClN2O4. The number of methoxy groups -OCH3 is 1. The number of ether oxygens (including phenoxy) is 1. The van der Waals surface area contributed by atoms with Crippen LogP contribution in [-0.4, -0.2) is 55.4 Å². The first-order valence-electron chi connectivity index (χ1n) is 6.37. The van der Waals surface area contributed by atoms with Gasteiger partial charge < -0.3 is 14.7 Å². The Bertz CT molecular complexity index is 492. The van der Waals surface area contributed by atoms with Gasteiger partial charge in [-0.15, -0.1) is 0 Å². The summed E-state index contributed by atoms with van der Waals surface area (Å²) in [4.78, 5) is 26.1. The molecular weight excluding hydrogens is 296 g/mol. The fraction of sp³-hybridized carbons (Fsp3) is 0.429. The van der Waals surface area contributed by atoms with Gasteiger partial charge in [0.2, 0.25) is 0 Å². The van der Waals surface area contributed by atoms with Crippen LogP contribution in [0.5, 0.6) is 0 Å². The lowest BCUT2D eigenvalue weighted by atomic mass is 10.2. The minimum atomic E-state index is -1.09. The van der Waals surface area contributed by atoms with Crippen LogP contribution in [0.3, 0.4) is 0 Å². The maximum atomic E-state index is 12.5. The summed E-state index contributed by atoms with van der Waals surface area (Å²) in [6.07, 6.45) is 0. The summed E-state index contributed by atoms with van der Waals surface area (Å²) >= 11 is 5.81. The molecule has 7 heteroatoms. The number of hydrogen-bond acceptors (Lipinski definition) is 3. The summed E-state index contributed by atoms with van der Waals surface area (Å²) in [5, 5.41) is 9.53. The van der Waals surface area contributed by atoms with E-state index >= 15 is 0 Å². The van der Waals surface area contributed by atoms with Crippen molar-refractivity contribution in [2.75, 3.05) is 32.2 Å². The molecule has 0 fully saturated rings. The number of halogens is 1. The Hall–Kier alpha value is -1.79. The smallest absolute Gasteiger partial charge is 0.325 e. The van der Waals surface area contributed by atoms with Gasteiger partial charge in [0.25, 0.3) is 0 Å². The second-order valence-electron chi connectivity index (χ2n) is 4.65. The Kier molecular flexibility index (Phi) is 6.45. The van der Waals surface area contributed by atoms with Gasteiger partial charge in [0.1, 0.15) is 6.54 Å². The zero-order valence-electron chi connectivity index (χ0n) is 12.2. The van der Waals surface area contributed by atoms with Crippen molar-refractivity contribution in [3.8, 4) is 0 Å². The number of carboxylic acid groups (broad SMARTS) is 1. The molecule has 116 valence electrons. The quantitative estimate of drug-likeness (QED) is 0.875. The van der Waals surface area contributed by atoms with Crippen molar-refractivity contribution >= 4 is 29.3 Å². The van der Waals surface area contributed by atoms with Crippen molar-refractivity contribution in [2.24, 2.45) is 0 Å². The average Bonchev–Trinajstić information content (AvgIpc) is 2.44. The second kappa shape index (κ2) is 7.85. The molecule has 21 heavy (non-hydrogen) atoms. The molecule has 1 aromatic rings. The molecule has 1 aromatic carbocycles. The number of carbonyl (C=O) groups excluding carboxylic acids is 1. The molecule has 2 amide bonds. The van der Waals surface area contributed by atoms with Crippen molar-refractivity contribution in [3.05, 3.63) is 29.3 Å². The number of amides is 2. The Balaban J connectivity index is 2.99. The van der Waals surface area contributed by atoms with Gasteiger partial charge in [0.15, 0.2) is 0 Å². The van der Waals surface area contributed by atoms with Crippen LogP contribution in [-0.2, 0) is 9.53 Å². The molecule has 0 bridgehead atoms. The molecule has 0 aromatic heterocycles. The van der Waals surface area contributed by atoms with Gasteiger partial charge in [0, 0.05) is 24.9 Å². The molecule has 0 spiro atoms. The maximum Gasteiger partial charge on any atom is 0.325 e. The molecule has 1 rings (SSSR count). The van der Waals surface area contributed by atoms with Gasteiger partial charge in [-0.3, -0.25) is 9.69 Å². The first-order chi connectivity index (χ1) is 9.86. The number of urea groups is 1. The summed E-state index contributed by atoms with van der Waals surface area (Å²) in [6, 6.07) is 5.85. The SMILES string of the molecule is COCC(C)N(C)C(=O)N(CC(=O)O)c1ccc(Cl)cc1. The minimum Gasteiger partial charge on any atom is -0.480 e. The van der Waals surface area contributed by atoms with Crippen LogP contribution in [0.25, 0.3) is 0 Å². The van der Waals surface area contributed by atoms with Crippen molar-refractivity contribution in [2.45, 2.75) is 13.0 Å². The van der Waals surface area contributed by atoms with Crippen LogP contribution in [0.4, 0.5) is 10.5 Å². The molecule has 6 nitrogen and oxygen atoms in total. The standard InChI is InChI=1S/C14H19ClN2O4/c1-10(9-21-3)16(2)14(20)17(8-13(18)19)12-6-4-11(15)5-7-12/h4-7,10H,8-9H2,1-3H3,(H,18,19). The van der Waals surface area contributed by atoms with Crippen LogP contribution in [0, 0.1) is 0 Å². The monoisotopic (exact) mass is 314 g/mol. The number of likely N-dealkylation sites (N-methyl/N-ethyl adjacent to an activating group) is 1. The van der Waals surface area contributed by atoms with E-state index in [4.69, 9.17) is 21.4 Å². The summed E-state index contributed by atoms with van der Waals surface area (Å²) in [6.45, 7) is 1.76. The number of nitrogens with zero attached hydrogens (tertiary/aromatic N) is 2. The lowest BCUT2D eigenvalue weighted by Crippen LogP contribution is -2.48. The highest BCUT2D eigenvalue weighted by Crippen LogP contribution is 2.19. The van der Waals surface area contributed by atoms with E-state index in [0.29, 0.717) is 17.3 Å². The molecule has 1 unspecified atom stereocenters. The molecule has 0 aliphatic carbocycles. The largest absolute Gasteiger partial charge is 0.480 e.